The lowest BCUT2D eigenvalue weighted by Crippen LogP contribution is -2.12. The van der Waals surface area contributed by atoms with Crippen LogP contribution in [-0.2, 0) is 9.53 Å². The van der Waals surface area contributed by atoms with E-state index in [0.29, 0.717) is 11.3 Å². The molecule has 0 amide bonds. The van der Waals surface area contributed by atoms with Gasteiger partial charge < -0.3 is 4.74 Å². The molecule has 0 radical (unpaired) electrons. The molecule has 6 nitrogen and oxygen atoms in total. The molecule has 0 bridgehead atoms. The van der Waals surface area contributed by atoms with Gasteiger partial charge in [0.25, 0.3) is 0 Å². The van der Waals surface area contributed by atoms with E-state index >= 15 is 0 Å². The van der Waals surface area contributed by atoms with E-state index in [1.807, 2.05) is 11.1 Å². The Morgan fingerprint density at radius 1 is 1.32 bits per heavy atom. The number of halogens is 1. The fourth-order valence-corrected chi connectivity index (χ4v) is 2.65. The number of hydrogen-bond donors (Lipinski definition) is 0. The molecule has 1 heterocycles. The Morgan fingerprint density at radius 2 is 2.05 bits per heavy atom. The molecule has 0 N–H and O–H groups in total. The highest BCUT2D eigenvalue weighted by atomic mass is 127. The third kappa shape index (κ3) is 4.75. The van der Waals surface area contributed by atoms with Crippen molar-refractivity contribution in [2.75, 3.05) is 19.7 Å². The molecule has 1 aliphatic rings. The fourth-order valence-electron chi connectivity index (χ4n) is 2.16. The molecule has 1 aliphatic heterocycles. The van der Waals surface area contributed by atoms with Gasteiger partial charge in [0.1, 0.15) is 6.42 Å². The quantitative estimate of drug-likeness (QED) is 0.234. The third-order valence-corrected chi connectivity index (χ3v) is 3.90. The maximum absolute atomic E-state index is 12.3. The number of ether oxygens (including phenoxy) is 1. The predicted octanol–water partition coefficient (Wildman–Crippen LogP) is 3.52. The molecule has 1 saturated heterocycles. The SMILES string of the molecule is CCOC(=O)CC(=O)c1cc(I)ccc1/N=N/N1CCCC1. The summed E-state index contributed by atoms with van der Waals surface area (Å²) in [5.41, 5.74) is 0.893. The van der Waals surface area contributed by atoms with Crippen LogP contribution in [0.2, 0.25) is 0 Å². The lowest BCUT2D eigenvalue weighted by atomic mass is 10.1. The average molecular weight is 415 g/mol. The number of benzene rings is 1. The van der Waals surface area contributed by atoms with Crippen molar-refractivity contribution in [1.82, 2.24) is 5.01 Å². The van der Waals surface area contributed by atoms with E-state index in [2.05, 4.69) is 32.9 Å². The number of rotatable bonds is 6. The minimum atomic E-state index is -0.520. The van der Waals surface area contributed by atoms with Gasteiger partial charge in [0, 0.05) is 22.2 Å². The number of carbonyl (C=O) groups excluding carboxylic acids is 2. The van der Waals surface area contributed by atoms with Crippen LogP contribution in [-0.4, -0.2) is 36.5 Å². The maximum Gasteiger partial charge on any atom is 0.313 e. The van der Waals surface area contributed by atoms with Gasteiger partial charge in [0.2, 0.25) is 0 Å². The largest absolute Gasteiger partial charge is 0.466 e. The Bertz CT molecular complexity index is 583. The fraction of sp³-hybridized carbons (Fsp3) is 0.467. The highest BCUT2D eigenvalue weighted by Crippen LogP contribution is 2.24. The summed E-state index contributed by atoms with van der Waals surface area (Å²) in [6.45, 7) is 3.75. The summed E-state index contributed by atoms with van der Waals surface area (Å²) >= 11 is 2.12. The molecule has 0 saturated carbocycles. The van der Waals surface area contributed by atoms with E-state index in [1.165, 1.54) is 0 Å². The molecule has 0 aliphatic carbocycles. The minimum absolute atomic E-state index is 0.264. The topological polar surface area (TPSA) is 71.3 Å². The van der Waals surface area contributed by atoms with Gasteiger partial charge in [-0.1, -0.05) is 5.22 Å². The van der Waals surface area contributed by atoms with Crippen LogP contribution in [0.4, 0.5) is 5.69 Å². The number of carbonyl (C=O) groups is 2. The lowest BCUT2D eigenvalue weighted by molar-refractivity contribution is -0.141. The lowest BCUT2D eigenvalue weighted by Gasteiger charge is -2.09. The zero-order valence-electron chi connectivity index (χ0n) is 12.4. The first-order valence-electron chi connectivity index (χ1n) is 7.25. The number of nitrogens with zero attached hydrogens (tertiary/aromatic N) is 3. The van der Waals surface area contributed by atoms with Crippen molar-refractivity contribution in [3.63, 3.8) is 0 Å². The van der Waals surface area contributed by atoms with Crippen molar-refractivity contribution in [1.29, 1.82) is 0 Å². The molecule has 0 aromatic heterocycles. The molecule has 1 fully saturated rings. The normalized spacial score (nSPS) is 14.5. The van der Waals surface area contributed by atoms with Crippen LogP contribution in [0, 0.1) is 3.57 Å². The number of hydrogen-bond acceptors (Lipinski definition) is 5. The molecule has 22 heavy (non-hydrogen) atoms. The van der Waals surface area contributed by atoms with Gasteiger partial charge in [-0.05, 0) is 60.6 Å². The Labute approximate surface area is 143 Å². The second-order valence-corrected chi connectivity index (χ2v) is 6.16. The Kier molecular flexibility index (Phi) is 6.29. The van der Waals surface area contributed by atoms with Crippen molar-refractivity contribution in [2.24, 2.45) is 10.3 Å². The maximum atomic E-state index is 12.3. The Morgan fingerprint density at radius 3 is 2.73 bits per heavy atom. The third-order valence-electron chi connectivity index (χ3n) is 3.23. The van der Waals surface area contributed by atoms with Gasteiger partial charge >= 0.3 is 5.97 Å². The first-order valence-corrected chi connectivity index (χ1v) is 8.33. The van der Waals surface area contributed by atoms with E-state index in [1.54, 1.807) is 19.1 Å². The molecule has 118 valence electrons. The summed E-state index contributed by atoms with van der Waals surface area (Å²) < 4.78 is 5.73. The molecule has 0 spiro atoms. The highest BCUT2D eigenvalue weighted by molar-refractivity contribution is 14.1. The van der Waals surface area contributed by atoms with E-state index < -0.39 is 5.97 Å². The van der Waals surface area contributed by atoms with Gasteiger partial charge in [-0.3, -0.25) is 14.6 Å². The first-order chi connectivity index (χ1) is 10.6. The van der Waals surface area contributed by atoms with Crippen molar-refractivity contribution < 1.29 is 14.3 Å². The van der Waals surface area contributed by atoms with E-state index in [0.717, 1.165) is 29.5 Å². The summed E-state index contributed by atoms with van der Waals surface area (Å²) in [5.74, 6) is -0.818. The smallest absolute Gasteiger partial charge is 0.313 e. The molecule has 0 atom stereocenters. The standard InChI is InChI=1S/C15H18IN3O3/c1-2-22-15(21)10-14(20)12-9-11(16)5-6-13(12)17-18-19-7-3-4-8-19/h5-6,9H,2-4,7-8,10H2,1H3/b18-17+. The van der Waals surface area contributed by atoms with Crippen LogP contribution in [0.15, 0.2) is 28.5 Å². The summed E-state index contributed by atoms with van der Waals surface area (Å²) in [7, 11) is 0. The minimum Gasteiger partial charge on any atom is -0.466 e. The van der Waals surface area contributed by atoms with Crippen molar-refractivity contribution >= 4 is 40.0 Å². The van der Waals surface area contributed by atoms with Crippen LogP contribution in [0.3, 0.4) is 0 Å². The summed E-state index contributed by atoms with van der Waals surface area (Å²) in [5, 5.41) is 10.2. The molecule has 1 aromatic rings. The van der Waals surface area contributed by atoms with Gasteiger partial charge in [-0.2, -0.15) is 0 Å². The van der Waals surface area contributed by atoms with E-state index in [4.69, 9.17) is 4.74 Å². The van der Waals surface area contributed by atoms with Crippen molar-refractivity contribution in [2.45, 2.75) is 26.2 Å². The van der Waals surface area contributed by atoms with Gasteiger partial charge in [0.05, 0.1) is 12.3 Å². The Hall–Kier alpha value is -1.51. The van der Waals surface area contributed by atoms with Crippen LogP contribution in [0.1, 0.15) is 36.5 Å². The van der Waals surface area contributed by atoms with Crippen LogP contribution >= 0.6 is 22.6 Å². The zero-order chi connectivity index (χ0) is 15.9. The van der Waals surface area contributed by atoms with E-state index in [-0.39, 0.29) is 18.8 Å². The van der Waals surface area contributed by atoms with Gasteiger partial charge in [-0.25, -0.2) is 0 Å². The molecular weight excluding hydrogens is 397 g/mol. The molecule has 7 heteroatoms. The number of Topliss-reactive ketones (excluding diaryl/α,β-unsaturated/α-hetero) is 1. The van der Waals surface area contributed by atoms with Crippen LogP contribution in [0.5, 0.6) is 0 Å². The predicted molar refractivity (Wildman–Crippen MR) is 90.1 cm³/mol. The highest BCUT2D eigenvalue weighted by Gasteiger charge is 2.17. The second kappa shape index (κ2) is 8.21. The summed E-state index contributed by atoms with van der Waals surface area (Å²) in [6.07, 6.45) is 1.95. The average Bonchev–Trinajstić information content (AvgIpc) is 2.99. The Balaban J connectivity index is 2.16. The van der Waals surface area contributed by atoms with Crippen molar-refractivity contribution in [3.8, 4) is 0 Å². The molecule has 0 unspecified atom stereocenters. The second-order valence-electron chi connectivity index (χ2n) is 4.92. The van der Waals surface area contributed by atoms with Gasteiger partial charge in [-0.15, -0.1) is 5.11 Å². The monoisotopic (exact) mass is 415 g/mol. The zero-order valence-corrected chi connectivity index (χ0v) is 14.6. The van der Waals surface area contributed by atoms with Crippen LogP contribution in [0.25, 0.3) is 0 Å². The van der Waals surface area contributed by atoms with Gasteiger partial charge in [0.15, 0.2) is 5.78 Å². The summed E-state index contributed by atoms with van der Waals surface area (Å²) in [6, 6.07) is 5.33. The molecule has 2 rings (SSSR count). The van der Waals surface area contributed by atoms with Crippen molar-refractivity contribution in [3.05, 3.63) is 27.3 Å². The molecular formula is C15H18IN3O3. The first kappa shape index (κ1) is 16.9. The number of esters is 1. The number of ketones is 1. The molecule has 1 aromatic carbocycles. The van der Waals surface area contributed by atoms with Crippen LogP contribution < -0.4 is 0 Å². The summed E-state index contributed by atoms with van der Waals surface area (Å²) in [4.78, 5) is 23.8. The van der Waals surface area contributed by atoms with E-state index in [9.17, 15) is 9.59 Å².